The second kappa shape index (κ2) is 5.92. The predicted molar refractivity (Wildman–Crippen MR) is 70.9 cm³/mol. The van der Waals surface area contributed by atoms with Gasteiger partial charge in [-0.15, -0.1) is 0 Å². The van der Waals surface area contributed by atoms with Gasteiger partial charge >= 0.3 is 5.97 Å². The molecule has 0 bridgehead atoms. The molecule has 1 N–H and O–H groups in total. The fourth-order valence-corrected chi connectivity index (χ4v) is 2.05. The number of anilines is 1. The zero-order valence-electron chi connectivity index (χ0n) is 10.4. The lowest BCUT2D eigenvalue weighted by Crippen LogP contribution is -2.40. The van der Waals surface area contributed by atoms with Gasteiger partial charge in [0, 0.05) is 17.3 Å². The number of nitrogens with zero attached hydrogens (tertiary/aromatic N) is 1. The Morgan fingerprint density at radius 1 is 1.47 bits per heavy atom. The summed E-state index contributed by atoms with van der Waals surface area (Å²) >= 11 is 6.07. The van der Waals surface area contributed by atoms with Gasteiger partial charge in [0.2, 0.25) is 0 Å². The van der Waals surface area contributed by atoms with E-state index in [0.717, 1.165) is 11.3 Å². The molecule has 0 spiro atoms. The van der Waals surface area contributed by atoms with E-state index in [-0.39, 0.29) is 0 Å². The Labute approximate surface area is 107 Å². The van der Waals surface area contributed by atoms with Gasteiger partial charge in [0.1, 0.15) is 6.04 Å². The molecule has 1 aromatic carbocycles. The van der Waals surface area contributed by atoms with Crippen LogP contribution in [0.4, 0.5) is 5.69 Å². The van der Waals surface area contributed by atoms with Crippen LogP contribution in [0.25, 0.3) is 0 Å². The van der Waals surface area contributed by atoms with Crippen molar-refractivity contribution in [1.29, 1.82) is 0 Å². The summed E-state index contributed by atoms with van der Waals surface area (Å²) < 4.78 is 0. The first-order valence-corrected chi connectivity index (χ1v) is 6.14. The van der Waals surface area contributed by atoms with E-state index in [1.165, 1.54) is 0 Å². The van der Waals surface area contributed by atoms with Crippen LogP contribution < -0.4 is 4.90 Å². The number of likely N-dealkylation sites (N-methyl/N-ethyl adjacent to an activating group) is 1. The summed E-state index contributed by atoms with van der Waals surface area (Å²) in [6.07, 6.45) is 0.564. The summed E-state index contributed by atoms with van der Waals surface area (Å²) in [7, 11) is 0. The van der Waals surface area contributed by atoms with Crippen molar-refractivity contribution in [3.8, 4) is 0 Å². The van der Waals surface area contributed by atoms with Crippen LogP contribution in [0, 0.1) is 6.92 Å². The fraction of sp³-hybridized carbons (Fsp3) is 0.462. The summed E-state index contributed by atoms with van der Waals surface area (Å²) in [6, 6.07) is 5.15. The van der Waals surface area contributed by atoms with E-state index < -0.39 is 12.0 Å². The van der Waals surface area contributed by atoms with Crippen molar-refractivity contribution in [3.05, 3.63) is 28.8 Å². The van der Waals surface area contributed by atoms with Gasteiger partial charge in [-0.25, -0.2) is 4.79 Å². The van der Waals surface area contributed by atoms with Crippen LogP contribution in [-0.4, -0.2) is 23.7 Å². The molecular formula is C13H18ClNO2. The Morgan fingerprint density at radius 2 is 2.12 bits per heavy atom. The molecule has 0 aliphatic heterocycles. The molecule has 3 nitrogen and oxygen atoms in total. The van der Waals surface area contributed by atoms with Gasteiger partial charge in [-0.2, -0.15) is 0 Å². The number of aryl methyl sites for hydroxylation is 1. The van der Waals surface area contributed by atoms with Crippen LogP contribution in [0.1, 0.15) is 25.8 Å². The summed E-state index contributed by atoms with van der Waals surface area (Å²) in [5.41, 5.74) is 1.85. The highest BCUT2D eigenvalue weighted by Gasteiger charge is 2.22. The third-order valence-corrected chi connectivity index (χ3v) is 3.28. The maximum Gasteiger partial charge on any atom is 0.326 e. The second-order valence-electron chi connectivity index (χ2n) is 3.98. The molecule has 0 amide bonds. The molecule has 0 aliphatic rings. The molecule has 1 aromatic rings. The Kier molecular flexibility index (Phi) is 4.82. The Morgan fingerprint density at radius 3 is 2.53 bits per heavy atom. The summed E-state index contributed by atoms with van der Waals surface area (Å²) in [5, 5.41) is 9.85. The zero-order valence-corrected chi connectivity index (χ0v) is 11.2. The third kappa shape index (κ3) is 3.13. The quantitative estimate of drug-likeness (QED) is 0.877. The van der Waals surface area contributed by atoms with Crippen molar-refractivity contribution >= 4 is 23.3 Å². The number of halogens is 1. The monoisotopic (exact) mass is 255 g/mol. The first-order chi connectivity index (χ1) is 8.01. The topological polar surface area (TPSA) is 40.5 Å². The molecule has 0 aromatic heterocycles. The fourth-order valence-electron chi connectivity index (χ4n) is 1.87. The van der Waals surface area contributed by atoms with Crippen LogP contribution in [0.3, 0.4) is 0 Å². The maximum absolute atomic E-state index is 11.2. The number of carboxylic acid groups (broad SMARTS) is 1. The van der Waals surface area contributed by atoms with Gasteiger partial charge in [0.15, 0.2) is 0 Å². The number of benzene rings is 1. The van der Waals surface area contributed by atoms with E-state index in [1.54, 1.807) is 0 Å². The van der Waals surface area contributed by atoms with Gasteiger partial charge in [-0.1, -0.05) is 24.6 Å². The molecule has 1 atom stereocenters. The molecule has 0 saturated carbocycles. The van der Waals surface area contributed by atoms with E-state index in [9.17, 15) is 9.90 Å². The maximum atomic E-state index is 11.2. The molecular weight excluding hydrogens is 238 g/mol. The Balaban J connectivity index is 3.08. The van der Waals surface area contributed by atoms with Crippen LogP contribution in [0.5, 0.6) is 0 Å². The van der Waals surface area contributed by atoms with Crippen molar-refractivity contribution in [3.63, 3.8) is 0 Å². The molecule has 4 heteroatoms. The molecule has 0 unspecified atom stereocenters. The average molecular weight is 256 g/mol. The van der Waals surface area contributed by atoms with Crippen molar-refractivity contribution in [1.82, 2.24) is 0 Å². The summed E-state index contributed by atoms with van der Waals surface area (Å²) in [5.74, 6) is -0.800. The van der Waals surface area contributed by atoms with Crippen LogP contribution in [-0.2, 0) is 4.79 Å². The predicted octanol–water partition coefficient (Wildman–Crippen LogP) is 3.34. The zero-order chi connectivity index (χ0) is 13.0. The minimum atomic E-state index is -0.800. The van der Waals surface area contributed by atoms with E-state index in [0.29, 0.717) is 18.0 Å². The number of carbonyl (C=O) groups is 1. The Hall–Kier alpha value is -1.22. The van der Waals surface area contributed by atoms with Gasteiger partial charge in [0.25, 0.3) is 0 Å². The van der Waals surface area contributed by atoms with E-state index in [4.69, 9.17) is 11.6 Å². The lowest BCUT2D eigenvalue weighted by atomic mass is 10.1. The molecule has 1 rings (SSSR count). The SMILES string of the molecule is CC[C@@H](C(=O)O)N(CC)c1ccc(C)c(Cl)c1. The highest BCUT2D eigenvalue weighted by Crippen LogP contribution is 2.25. The molecule has 0 fully saturated rings. The summed E-state index contributed by atoms with van der Waals surface area (Å²) in [6.45, 7) is 6.39. The molecule has 0 aliphatic carbocycles. The van der Waals surface area contributed by atoms with Gasteiger partial charge in [-0.3, -0.25) is 0 Å². The van der Waals surface area contributed by atoms with Gasteiger partial charge in [0.05, 0.1) is 0 Å². The lowest BCUT2D eigenvalue weighted by Gasteiger charge is -2.29. The molecule has 94 valence electrons. The number of rotatable bonds is 5. The molecule has 0 heterocycles. The smallest absolute Gasteiger partial charge is 0.326 e. The van der Waals surface area contributed by atoms with Gasteiger partial charge in [-0.05, 0) is 38.0 Å². The number of carboxylic acids is 1. The standard InChI is InChI=1S/C13H18ClNO2/c1-4-12(13(16)17)15(5-2)10-7-6-9(3)11(14)8-10/h6-8,12H,4-5H2,1-3H3,(H,16,17)/t12-/m0/s1. The van der Waals surface area contributed by atoms with Gasteiger partial charge < -0.3 is 10.0 Å². The second-order valence-corrected chi connectivity index (χ2v) is 4.39. The highest BCUT2D eigenvalue weighted by atomic mass is 35.5. The average Bonchev–Trinajstić information content (AvgIpc) is 2.29. The normalized spacial score (nSPS) is 12.2. The molecule has 17 heavy (non-hydrogen) atoms. The van der Waals surface area contributed by atoms with Crippen molar-refractivity contribution in [2.24, 2.45) is 0 Å². The van der Waals surface area contributed by atoms with E-state index in [1.807, 2.05) is 43.9 Å². The van der Waals surface area contributed by atoms with Crippen LogP contribution in [0.2, 0.25) is 5.02 Å². The first kappa shape index (κ1) is 13.8. The minimum Gasteiger partial charge on any atom is -0.480 e. The number of aliphatic carboxylic acids is 1. The van der Waals surface area contributed by atoms with Crippen molar-refractivity contribution < 1.29 is 9.90 Å². The van der Waals surface area contributed by atoms with Crippen LogP contribution in [0.15, 0.2) is 18.2 Å². The van der Waals surface area contributed by atoms with Crippen LogP contribution >= 0.6 is 11.6 Å². The van der Waals surface area contributed by atoms with Crippen molar-refractivity contribution in [2.45, 2.75) is 33.2 Å². The first-order valence-electron chi connectivity index (χ1n) is 5.76. The van der Waals surface area contributed by atoms with Crippen molar-refractivity contribution in [2.75, 3.05) is 11.4 Å². The number of hydrogen-bond donors (Lipinski definition) is 1. The third-order valence-electron chi connectivity index (χ3n) is 2.88. The highest BCUT2D eigenvalue weighted by molar-refractivity contribution is 6.31. The van der Waals surface area contributed by atoms with E-state index >= 15 is 0 Å². The largest absolute Gasteiger partial charge is 0.480 e. The Bertz CT molecular complexity index is 406. The molecule has 0 radical (unpaired) electrons. The summed E-state index contributed by atoms with van der Waals surface area (Å²) in [4.78, 5) is 13.0. The molecule has 0 saturated heterocycles. The number of hydrogen-bond acceptors (Lipinski definition) is 2. The van der Waals surface area contributed by atoms with E-state index in [2.05, 4.69) is 0 Å². The lowest BCUT2D eigenvalue weighted by molar-refractivity contribution is -0.138. The minimum absolute atomic E-state index is 0.501.